The van der Waals surface area contributed by atoms with Crippen LogP contribution in [-0.2, 0) is 13.6 Å². The molecule has 2 aliphatic rings. The van der Waals surface area contributed by atoms with E-state index in [9.17, 15) is 0 Å². The monoisotopic (exact) mass is 286 g/mol. The van der Waals surface area contributed by atoms with Crippen LogP contribution in [0.15, 0.2) is 0 Å². The van der Waals surface area contributed by atoms with E-state index in [4.69, 9.17) is 13.6 Å². The van der Waals surface area contributed by atoms with E-state index in [1.807, 2.05) is 0 Å². The van der Waals surface area contributed by atoms with Crippen LogP contribution in [0, 0.1) is 5.92 Å². The summed E-state index contributed by atoms with van der Waals surface area (Å²) in [5, 5.41) is 0. The van der Waals surface area contributed by atoms with E-state index >= 15 is 0 Å². The Morgan fingerprint density at radius 3 is 2.32 bits per heavy atom. The Balaban J connectivity index is 1.73. The molecule has 19 heavy (non-hydrogen) atoms. The molecule has 0 aromatic rings. The molecule has 0 amide bonds. The van der Waals surface area contributed by atoms with Crippen LogP contribution >= 0.6 is 0 Å². The number of ether oxygens (including phenoxy) is 1. The van der Waals surface area contributed by atoms with Crippen molar-refractivity contribution in [2.24, 2.45) is 5.92 Å². The van der Waals surface area contributed by atoms with Gasteiger partial charge in [-0.3, -0.25) is 0 Å². The summed E-state index contributed by atoms with van der Waals surface area (Å²) in [5.74, 6) is 0.839. The number of fused-ring (bicyclic) bond motifs is 1. The minimum Gasteiger partial charge on any atom is -0.394 e. The summed E-state index contributed by atoms with van der Waals surface area (Å²) in [6, 6.07) is 1.15. The van der Waals surface area contributed by atoms with E-state index in [0.717, 1.165) is 38.0 Å². The molecule has 1 aliphatic heterocycles. The lowest BCUT2D eigenvalue weighted by molar-refractivity contribution is 0.170. The molecular weight excluding hydrogens is 256 g/mol. The lowest BCUT2D eigenvalue weighted by atomic mass is 9.88. The van der Waals surface area contributed by atoms with Crippen molar-refractivity contribution in [1.82, 2.24) is 0 Å². The Hall–Kier alpha value is 0.0969. The lowest BCUT2D eigenvalue weighted by Gasteiger charge is -2.29. The molecule has 3 nitrogen and oxygen atoms in total. The Kier molecular flexibility index (Phi) is 5.87. The first kappa shape index (κ1) is 15.5. The number of hydrogen-bond acceptors (Lipinski definition) is 3. The summed E-state index contributed by atoms with van der Waals surface area (Å²) in [6.07, 6.45) is 8.54. The maximum absolute atomic E-state index is 6.09. The molecule has 112 valence electrons. The number of hydrogen-bond donors (Lipinski definition) is 0. The van der Waals surface area contributed by atoms with Gasteiger partial charge in [0.15, 0.2) is 0 Å². The van der Waals surface area contributed by atoms with Crippen LogP contribution in [0.5, 0.6) is 0 Å². The van der Waals surface area contributed by atoms with Crippen LogP contribution in [-0.4, -0.2) is 34.0 Å². The van der Waals surface area contributed by atoms with Crippen LogP contribution in [0.3, 0.4) is 0 Å². The molecule has 0 spiro atoms. The van der Waals surface area contributed by atoms with Gasteiger partial charge in [0.2, 0.25) is 0 Å². The number of epoxide rings is 1. The van der Waals surface area contributed by atoms with Crippen molar-refractivity contribution in [3.8, 4) is 0 Å². The zero-order valence-electron chi connectivity index (χ0n) is 12.8. The smallest absolute Gasteiger partial charge is 0.334 e. The molecule has 1 heterocycles. The number of rotatable bonds is 9. The zero-order valence-corrected chi connectivity index (χ0v) is 13.8. The lowest BCUT2D eigenvalue weighted by Crippen LogP contribution is -2.39. The molecule has 2 rings (SSSR count). The highest BCUT2D eigenvalue weighted by molar-refractivity contribution is 6.66. The minimum atomic E-state index is -1.92. The highest BCUT2D eigenvalue weighted by atomic mass is 28.4. The van der Waals surface area contributed by atoms with E-state index in [1.165, 1.54) is 25.7 Å². The van der Waals surface area contributed by atoms with Gasteiger partial charge in [0.05, 0.1) is 12.2 Å². The second-order valence-electron chi connectivity index (χ2n) is 6.26. The van der Waals surface area contributed by atoms with Crippen molar-refractivity contribution in [1.29, 1.82) is 0 Å². The molecule has 2 fully saturated rings. The molecule has 3 atom stereocenters. The Labute approximate surface area is 119 Å². The molecule has 0 N–H and O–H groups in total. The van der Waals surface area contributed by atoms with E-state index in [1.54, 1.807) is 0 Å². The normalized spacial score (nSPS) is 30.2. The van der Waals surface area contributed by atoms with Gasteiger partial charge in [-0.25, -0.2) is 0 Å². The largest absolute Gasteiger partial charge is 0.394 e. The van der Waals surface area contributed by atoms with E-state index in [-0.39, 0.29) is 0 Å². The third-order valence-corrected chi connectivity index (χ3v) is 7.17. The van der Waals surface area contributed by atoms with Crippen molar-refractivity contribution in [2.75, 3.05) is 13.2 Å². The van der Waals surface area contributed by atoms with Crippen LogP contribution < -0.4 is 0 Å². The maximum Gasteiger partial charge on any atom is 0.334 e. The second kappa shape index (κ2) is 7.20. The SMILES string of the molecule is CCCO[Si](C)(CCC1CCC2OC2C1)OCCC. The molecule has 3 unspecified atom stereocenters. The van der Waals surface area contributed by atoms with Crippen molar-refractivity contribution in [3.63, 3.8) is 0 Å². The fraction of sp³-hybridized carbons (Fsp3) is 1.00. The summed E-state index contributed by atoms with van der Waals surface area (Å²) in [6.45, 7) is 8.29. The van der Waals surface area contributed by atoms with Crippen molar-refractivity contribution in [2.45, 2.75) is 77.2 Å². The summed E-state index contributed by atoms with van der Waals surface area (Å²) < 4.78 is 17.8. The fourth-order valence-corrected chi connectivity index (χ4v) is 5.61. The third kappa shape index (κ3) is 4.85. The van der Waals surface area contributed by atoms with Gasteiger partial charge in [0, 0.05) is 13.2 Å². The van der Waals surface area contributed by atoms with E-state index < -0.39 is 8.56 Å². The molecule has 1 saturated heterocycles. The predicted molar refractivity (Wildman–Crippen MR) is 79.5 cm³/mol. The van der Waals surface area contributed by atoms with Gasteiger partial charge in [-0.15, -0.1) is 0 Å². The first-order chi connectivity index (χ1) is 9.17. The molecule has 0 aromatic heterocycles. The van der Waals surface area contributed by atoms with E-state index in [2.05, 4.69) is 20.4 Å². The Morgan fingerprint density at radius 2 is 1.74 bits per heavy atom. The first-order valence-electron chi connectivity index (χ1n) is 8.10. The van der Waals surface area contributed by atoms with Crippen molar-refractivity contribution in [3.05, 3.63) is 0 Å². The summed E-state index contributed by atoms with van der Waals surface area (Å²) in [5.41, 5.74) is 0. The van der Waals surface area contributed by atoms with Crippen molar-refractivity contribution >= 4 is 8.56 Å². The first-order valence-corrected chi connectivity index (χ1v) is 10.6. The molecule has 0 aromatic carbocycles. The highest BCUT2D eigenvalue weighted by Crippen LogP contribution is 2.41. The quantitative estimate of drug-likeness (QED) is 0.476. The predicted octanol–water partition coefficient (Wildman–Crippen LogP) is 3.87. The highest BCUT2D eigenvalue weighted by Gasteiger charge is 2.44. The van der Waals surface area contributed by atoms with Crippen LogP contribution in [0.2, 0.25) is 12.6 Å². The Morgan fingerprint density at radius 1 is 1.05 bits per heavy atom. The molecular formula is C15H30O3Si. The van der Waals surface area contributed by atoms with Crippen LogP contribution in [0.25, 0.3) is 0 Å². The van der Waals surface area contributed by atoms with Gasteiger partial charge in [-0.05, 0) is 57.0 Å². The van der Waals surface area contributed by atoms with E-state index in [0.29, 0.717) is 12.2 Å². The zero-order chi connectivity index (χ0) is 13.7. The molecule has 0 bridgehead atoms. The molecule has 1 saturated carbocycles. The molecule has 4 heteroatoms. The summed E-state index contributed by atoms with van der Waals surface area (Å²) in [7, 11) is -1.92. The van der Waals surface area contributed by atoms with Gasteiger partial charge in [-0.1, -0.05) is 13.8 Å². The maximum atomic E-state index is 6.09. The fourth-order valence-electron chi connectivity index (χ4n) is 3.04. The van der Waals surface area contributed by atoms with Gasteiger partial charge in [-0.2, -0.15) is 0 Å². The summed E-state index contributed by atoms with van der Waals surface area (Å²) in [4.78, 5) is 0. The second-order valence-corrected chi connectivity index (χ2v) is 9.61. The molecule has 0 radical (unpaired) electrons. The average molecular weight is 286 g/mol. The van der Waals surface area contributed by atoms with Gasteiger partial charge in [0.1, 0.15) is 0 Å². The minimum absolute atomic E-state index is 0.597. The topological polar surface area (TPSA) is 31.0 Å². The summed E-state index contributed by atoms with van der Waals surface area (Å²) >= 11 is 0. The van der Waals surface area contributed by atoms with Crippen LogP contribution in [0.4, 0.5) is 0 Å². The Bertz CT molecular complexity index is 264. The van der Waals surface area contributed by atoms with Crippen LogP contribution in [0.1, 0.15) is 52.4 Å². The standard InChI is InChI=1S/C15H30O3Si/c1-4-9-16-19(3,17-10-5-2)11-8-13-6-7-14-15(12-13)18-14/h13-15H,4-12H2,1-3H3. The van der Waals surface area contributed by atoms with Gasteiger partial charge < -0.3 is 13.6 Å². The van der Waals surface area contributed by atoms with Gasteiger partial charge >= 0.3 is 8.56 Å². The van der Waals surface area contributed by atoms with Gasteiger partial charge in [0.25, 0.3) is 0 Å². The average Bonchev–Trinajstić information content (AvgIpc) is 3.19. The van der Waals surface area contributed by atoms with Crippen molar-refractivity contribution < 1.29 is 13.6 Å². The third-order valence-electron chi connectivity index (χ3n) is 4.34. The molecule has 1 aliphatic carbocycles.